The van der Waals surface area contributed by atoms with Crippen molar-refractivity contribution in [3.05, 3.63) is 29.8 Å². The van der Waals surface area contributed by atoms with Gasteiger partial charge < -0.3 is 21.4 Å². The van der Waals surface area contributed by atoms with Crippen molar-refractivity contribution < 1.29 is 15.1 Å². The van der Waals surface area contributed by atoms with Gasteiger partial charge in [0.2, 0.25) is 0 Å². The molecule has 0 unspecified atom stereocenters. The third-order valence-corrected chi connectivity index (χ3v) is 2.32. The second kappa shape index (κ2) is 4.73. The Kier molecular flexibility index (Phi) is 3.57. The zero-order valence-electron chi connectivity index (χ0n) is 9.64. The number of carbonyl (C=O) groups excluding carboxylic acids is 1. The fourth-order valence-corrected chi connectivity index (χ4v) is 1.21. The standard InChI is InChI=1S/C11H15N3O3/c1-11(2,10(12)14-17)13-9(16)7-5-3-4-6-8(7)15/h3-6,15,17H,1-2H3,(H2,12,14)(H,13,16). The summed E-state index contributed by atoms with van der Waals surface area (Å²) in [4.78, 5) is 11.8. The number of phenolic OH excluding ortho intramolecular Hbond substituents is 1. The number of amidine groups is 1. The first-order valence-electron chi connectivity index (χ1n) is 4.97. The van der Waals surface area contributed by atoms with E-state index < -0.39 is 11.4 Å². The number of para-hydroxylation sites is 1. The van der Waals surface area contributed by atoms with Gasteiger partial charge in [-0.1, -0.05) is 17.3 Å². The maximum Gasteiger partial charge on any atom is 0.255 e. The second-order valence-corrected chi connectivity index (χ2v) is 4.08. The number of rotatable bonds is 3. The summed E-state index contributed by atoms with van der Waals surface area (Å²) in [6.07, 6.45) is 0. The van der Waals surface area contributed by atoms with Crippen molar-refractivity contribution >= 4 is 11.7 Å². The number of benzene rings is 1. The quantitative estimate of drug-likeness (QED) is 0.268. The van der Waals surface area contributed by atoms with Crippen LogP contribution in [-0.2, 0) is 0 Å². The number of amides is 1. The van der Waals surface area contributed by atoms with Crippen molar-refractivity contribution in [2.75, 3.05) is 0 Å². The Bertz CT molecular complexity index is 455. The molecule has 0 fully saturated rings. The first-order valence-corrected chi connectivity index (χ1v) is 4.97. The Balaban J connectivity index is 2.91. The third kappa shape index (κ3) is 2.87. The normalized spacial score (nSPS) is 12.2. The van der Waals surface area contributed by atoms with Crippen LogP contribution in [0.5, 0.6) is 5.75 Å². The summed E-state index contributed by atoms with van der Waals surface area (Å²) in [5.41, 5.74) is 4.56. The lowest BCUT2D eigenvalue weighted by molar-refractivity contribution is 0.0928. The molecular formula is C11H15N3O3. The van der Waals surface area contributed by atoms with Gasteiger partial charge in [0.25, 0.3) is 5.91 Å². The summed E-state index contributed by atoms with van der Waals surface area (Å²) in [6, 6.07) is 6.13. The Hall–Kier alpha value is -2.24. The SMILES string of the molecule is CC(C)(NC(=O)c1ccccc1O)/C(N)=N/O. The number of nitrogens with zero attached hydrogens (tertiary/aromatic N) is 1. The minimum absolute atomic E-state index is 0.124. The third-order valence-electron chi connectivity index (χ3n) is 2.32. The van der Waals surface area contributed by atoms with Crippen LogP contribution < -0.4 is 11.1 Å². The Labute approximate surface area is 98.7 Å². The monoisotopic (exact) mass is 237 g/mol. The Morgan fingerprint density at radius 1 is 1.41 bits per heavy atom. The maximum absolute atomic E-state index is 11.8. The fraction of sp³-hybridized carbons (Fsp3) is 0.273. The molecule has 1 rings (SSSR count). The minimum Gasteiger partial charge on any atom is -0.507 e. The molecule has 1 aromatic carbocycles. The maximum atomic E-state index is 11.8. The molecule has 0 aliphatic rings. The number of nitrogens with one attached hydrogen (secondary N) is 1. The van der Waals surface area contributed by atoms with E-state index in [9.17, 15) is 9.90 Å². The van der Waals surface area contributed by atoms with Gasteiger partial charge in [0, 0.05) is 0 Å². The molecule has 6 heteroatoms. The average Bonchev–Trinajstić information content (AvgIpc) is 2.27. The van der Waals surface area contributed by atoms with Gasteiger partial charge in [0.05, 0.1) is 11.1 Å². The van der Waals surface area contributed by atoms with E-state index in [1.807, 2.05) is 0 Å². The van der Waals surface area contributed by atoms with Crippen LogP contribution in [0.25, 0.3) is 0 Å². The van der Waals surface area contributed by atoms with Crippen LogP contribution in [0.2, 0.25) is 0 Å². The van der Waals surface area contributed by atoms with E-state index in [2.05, 4.69) is 10.5 Å². The molecule has 0 aromatic heterocycles. The van der Waals surface area contributed by atoms with Crippen LogP contribution in [-0.4, -0.2) is 27.6 Å². The van der Waals surface area contributed by atoms with Crippen LogP contribution in [0, 0.1) is 0 Å². The number of phenols is 1. The molecule has 5 N–H and O–H groups in total. The number of oxime groups is 1. The fourth-order valence-electron chi connectivity index (χ4n) is 1.21. The van der Waals surface area contributed by atoms with E-state index in [0.717, 1.165) is 0 Å². The molecule has 0 saturated heterocycles. The van der Waals surface area contributed by atoms with E-state index in [1.165, 1.54) is 12.1 Å². The Morgan fingerprint density at radius 2 is 2.00 bits per heavy atom. The molecule has 1 amide bonds. The average molecular weight is 237 g/mol. The van der Waals surface area contributed by atoms with Gasteiger partial charge in [-0.25, -0.2) is 0 Å². The van der Waals surface area contributed by atoms with Crippen molar-refractivity contribution in [2.24, 2.45) is 10.9 Å². The predicted octanol–water partition coefficient (Wildman–Crippen LogP) is 0.647. The van der Waals surface area contributed by atoms with E-state index in [1.54, 1.807) is 26.0 Å². The zero-order chi connectivity index (χ0) is 13.1. The van der Waals surface area contributed by atoms with Crippen molar-refractivity contribution in [3.63, 3.8) is 0 Å². The molecule has 0 bridgehead atoms. The summed E-state index contributed by atoms with van der Waals surface area (Å²) >= 11 is 0. The molecule has 0 atom stereocenters. The lowest BCUT2D eigenvalue weighted by Crippen LogP contribution is -2.53. The van der Waals surface area contributed by atoms with Gasteiger partial charge >= 0.3 is 0 Å². The van der Waals surface area contributed by atoms with Crippen LogP contribution in [0.15, 0.2) is 29.4 Å². The van der Waals surface area contributed by atoms with Gasteiger partial charge in [0.1, 0.15) is 5.75 Å². The lowest BCUT2D eigenvalue weighted by atomic mass is 10.0. The molecule has 17 heavy (non-hydrogen) atoms. The molecule has 0 radical (unpaired) electrons. The van der Waals surface area contributed by atoms with Gasteiger partial charge in [-0.3, -0.25) is 4.79 Å². The molecule has 0 aliphatic heterocycles. The molecule has 1 aromatic rings. The number of nitrogens with two attached hydrogens (primary N) is 1. The van der Waals surface area contributed by atoms with Gasteiger partial charge in [-0.2, -0.15) is 0 Å². The molecule has 0 spiro atoms. The zero-order valence-corrected chi connectivity index (χ0v) is 9.64. The van der Waals surface area contributed by atoms with Crippen molar-refractivity contribution in [1.29, 1.82) is 0 Å². The largest absolute Gasteiger partial charge is 0.507 e. The molecule has 0 heterocycles. The highest BCUT2D eigenvalue weighted by Gasteiger charge is 2.27. The van der Waals surface area contributed by atoms with Crippen molar-refractivity contribution in [3.8, 4) is 5.75 Å². The summed E-state index contributed by atoms with van der Waals surface area (Å²) in [5, 5.41) is 23.5. The number of hydrogen-bond acceptors (Lipinski definition) is 4. The molecule has 92 valence electrons. The van der Waals surface area contributed by atoms with Crippen molar-refractivity contribution in [1.82, 2.24) is 5.32 Å². The van der Waals surface area contributed by atoms with Crippen LogP contribution in [0.4, 0.5) is 0 Å². The highest BCUT2D eigenvalue weighted by molar-refractivity contribution is 6.01. The lowest BCUT2D eigenvalue weighted by Gasteiger charge is -2.24. The highest BCUT2D eigenvalue weighted by Crippen LogP contribution is 2.16. The minimum atomic E-state index is -1.01. The van der Waals surface area contributed by atoms with Crippen molar-refractivity contribution in [2.45, 2.75) is 19.4 Å². The van der Waals surface area contributed by atoms with Gasteiger partial charge in [-0.15, -0.1) is 0 Å². The van der Waals surface area contributed by atoms with E-state index in [-0.39, 0.29) is 17.1 Å². The van der Waals surface area contributed by atoms with Gasteiger partial charge in [-0.05, 0) is 26.0 Å². The smallest absolute Gasteiger partial charge is 0.255 e. The van der Waals surface area contributed by atoms with E-state index in [0.29, 0.717) is 0 Å². The molecule has 6 nitrogen and oxygen atoms in total. The summed E-state index contributed by atoms with van der Waals surface area (Å²) < 4.78 is 0. The second-order valence-electron chi connectivity index (χ2n) is 4.08. The molecular weight excluding hydrogens is 222 g/mol. The summed E-state index contributed by atoms with van der Waals surface area (Å²) in [5.74, 6) is -0.749. The summed E-state index contributed by atoms with van der Waals surface area (Å²) in [6.45, 7) is 3.17. The van der Waals surface area contributed by atoms with E-state index in [4.69, 9.17) is 10.9 Å². The van der Waals surface area contributed by atoms with Crippen LogP contribution in [0.3, 0.4) is 0 Å². The predicted molar refractivity (Wildman–Crippen MR) is 63.1 cm³/mol. The first kappa shape index (κ1) is 12.8. The molecule has 0 saturated carbocycles. The topological polar surface area (TPSA) is 108 Å². The first-order chi connectivity index (χ1) is 7.88. The Morgan fingerprint density at radius 3 is 2.53 bits per heavy atom. The molecule has 0 aliphatic carbocycles. The van der Waals surface area contributed by atoms with Gasteiger partial charge in [0.15, 0.2) is 5.84 Å². The number of carbonyl (C=O) groups is 1. The number of hydrogen-bond donors (Lipinski definition) is 4. The van der Waals surface area contributed by atoms with Crippen LogP contribution >= 0.6 is 0 Å². The number of aromatic hydroxyl groups is 1. The summed E-state index contributed by atoms with van der Waals surface area (Å²) in [7, 11) is 0. The van der Waals surface area contributed by atoms with E-state index >= 15 is 0 Å². The van der Waals surface area contributed by atoms with Crippen LogP contribution in [0.1, 0.15) is 24.2 Å². The highest BCUT2D eigenvalue weighted by atomic mass is 16.4.